The Morgan fingerprint density at radius 2 is 1.92 bits per heavy atom. The largest absolute Gasteiger partial charge is 0.394 e. The molecule has 3 aromatic rings. The topological polar surface area (TPSA) is 70.1 Å². The van der Waals surface area contributed by atoms with Crippen LogP contribution in [0.2, 0.25) is 0 Å². The lowest BCUT2D eigenvalue weighted by molar-refractivity contribution is 0.271. The molecule has 0 aliphatic carbocycles. The molecule has 0 spiro atoms. The van der Waals surface area contributed by atoms with Crippen LogP contribution in [0.4, 0.5) is 26.2 Å². The summed E-state index contributed by atoms with van der Waals surface area (Å²) in [6, 6.07) is 10.5. The minimum atomic E-state index is -0.729. The molecule has 25 heavy (non-hydrogen) atoms. The minimum absolute atomic E-state index is 0.0375. The number of anilines is 3. The molecule has 5 nitrogen and oxygen atoms in total. The Kier molecular flexibility index (Phi) is 5.04. The van der Waals surface area contributed by atoms with Crippen molar-refractivity contribution in [1.82, 2.24) is 9.97 Å². The molecule has 7 heteroatoms. The van der Waals surface area contributed by atoms with Gasteiger partial charge in [0.25, 0.3) is 0 Å². The summed E-state index contributed by atoms with van der Waals surface area (Å²) in [5.41, 5.74) is 0.745. The smallest absolute Gasteiger partial charge is 0.229 e. The van der Waals surface area contributed by atoms with Gasteiger partial charge in [0.1, 0.15) is 17.5 Å². The molecule has 1 atom stereocenters. The molecular formula is C18H18F2N4O. The van der Waals surface area contributed by atoms with Gasteiger partial charge < -0.3 is 15.7 Å². The van der Waals surface area contributed by atoms with Crippen molar-refractivity contribution >= 4 is 28.4 Å². The van der Waals surface area contributed by atoms with Crippen molar-refractivity contribution in [2.75, 3.05) is 17.2 Å². The van der Waals surface area contributed by atoms with Crippen LogP contribution in [0, 0.1) is 11.6 Å². The van der Waals surface area contributed by atoms with E-state index in [2.05, 4.69) is 20.6 Å². The van der Waals surface area contributed by atoms with Crippen LogP contribution in [0.1, 0.15) is 13.3 Å². The molecule has 0 aliphatic rings. The summed E-state index contributed by atoms with van der Waals surface area (Å²) >= 11 is 0. The number of aromatic nitrogens is 2. The molecule has 2 aromatic carbocycles. The lowest BCUT2D eigenvalue weighted by Crippen LogP contribution is -2.23. The number of aliphatic hydroxyl groups is 1. The van der Waals surface area contributed by atoms with E-state index < -0.39 is 11.6 Å². The van der Waals surface area contributed by atoms with Crippen LogP contribution in [0.25, 0.3) is 10.9 Å². The number of hydrogen-bond acceptors (Lipinski definition) is 5. The van der Waals surface area contributed by atoms with Gasteiger partial charge in [-0.05, 0) is 30.7 Å². The second-order valence-electron chi connectivity index (χ2n) is 5.59. The molecule has 3 N–H and O–H groups in total. The van der Waals surface area contributed by atoms with Crippen molar-refractivity contribution in [3.8, 4) is 0 Å². The zero-order valence-corrected chi connectivity index (χ0v) is 13.6. The number of rotatable bonds is 6. The maximum atomic E-state index is 13.9. The molecule has 0 amide bonds. The van der Waals surface area contributed by atoms with Crippen LogP contribution in [0.15, 0.2) is 42.5 Å². The standard InChI is InChI=1S/C18H18F2N4O/c1-2-12(10-25)21-17-13-5-3-4-6-15(13)22-18(24-17)23-16-8-7-11(19)9-14(16)20/h3-9,12,25H,2,10H2,1H3,(H2,21,22,23,24). The Labute approximate surface area is 143 Å². The van der Waals surface area contributed by atoms with Gasteiger partial charge in [0.05, 0.1) is 23.9 Å². The highest BCUT2D eigenvalue weighted by molar-refractivity contribution is 5.90. The van der Waals surface area contributed by atoms with E-state index in [9.17, 15) is 13.9 Å². The van der Waals surface area contributed by atoms with Crippen LogP contribution < -0.4 is 10.6 Å². The molecule has 1 aromatic heterocycles. The van der Waals surface area contributed by atoms with Gasteiger partial charge in [-0.3, -0.25) is 0 Å². The first-order valence-corrected chi connectivity index (χ1v) is 7.97. The van der Waals surface area contributed by atoms with Crippen LogP contribution in [-0.4, -0.2) is 27.7 Å². The second-order valence-corrected chi connectivity index (χ2v) is 5.59. The predicted octanol–water partition coefficient (Wildman–Crippen LogP) is 3.83. The lowest BCUT2D eigenvalue weighted by atomic mass is 10.2. The quantitative estimate of drug-likeness (QED) is 0.634. The van der Waals surface area contributed by atoms with Gasteiger partial charge in [-0.25, -0.2) is 13.8 Å². The zero-order valence-electron chi connectivity index (χ0n) is 13.6. The fourth-order valence-electron chi connectivity index (χ4n) is 2.42. The monoisotopic (exact) mass is 344 g/mol. The molecule has 0 fully saturated rings. The van der Waals surface area contributed by atoms with Crippen molar-refractivity contribution in [3.05, 3.63) is 54.1 Å². The normalized spacial score (nSPS) is 12.2. The van der Waals surface area contributed by atoms with Crippen LogP contribution in [0.5, 0.6) is 0 Å². The van der Waals surface area contributed by atoms with E-state index in [1.165, 1.54) is 6.07 Å². The number of hydrogen-bond donors (Lipinski definition) is 3. The summed E-state index contributed by atoms with van der Waals surface area (Å²) < 4.78 is 26.9. The number of aliphatic hydroxyl groups excluding tert-OH is 1. The highest BCUT2D eigenvalue weighted by Gasteiger charge is 2.13. The van der Waals surface area contributed by atoms with Crippen molar-refractivity contribution in [2.45, 2.75) is 19.4 Å². The molecule has 0 radical (unpaired) electrons. The second kappa shape index (κ2) is 7.40. The van der Waals surface area contributed by atoms with Crippen molar-refractivity contribution in [1.29, 1.82) is 0 Å². The van der Waals surface area contributed by atoms with Gasteiger partial charge >= 0.3 is 0 Å². The van der Waals surface area contributed by atoms with E-state index in [4.69, 9.17) is 0 Å². The molecule has 1 unspecified atom stereocenters. The summed E-state index contributed by atoms with van der Waals surface area (Å²) in [5.74, 6) is -0.664. The first-order chi connectivity index (χ1) is 12.1. The Morgan fingerprint density at radius 1 is 1.12 bits per heavy atom. The summed E-state index contributed by atoms with van der Waals surface area (Å²) in [7, 11) is 0. The molecule has 0 bridgehead atoms. The van der Waals surface area contributed by atoms with E-state index in [-0.39, 0.29) is 24.3 Å². The lowest BCUT2D eigenvalue weighted by Gasteiger charge is -2.17. The Morgan fingerprint density at radius 3 is 2.64 bits per heavy atom. The molecule has 1 heterocycles. The predicted molar refractivity (Wildman–Crippen MR) is 94.0 cm³/mol. The van der Waals surface area contributed by atoms with Crippen molar-refractivity contribution in [2.24, 2.45) is 0 Å². The summed E-state index contributed by atoms with van der Waals surface area (Å²) in [6.07, 6.45) is 0.712. The molecule has 0 aliphatic heterocycles. The minimum Gasteiger partial charge on any atom is -0.394 e. The van der Waals surface area contributed by atoms with Gasteiger partial charge in [0, 0.05) is 11.5 Å². The van der Waals surface area contributed by atoms with Gasteiger partial charge in [0.15, 0.2) is 0 Å². The SMILES string of the molecule is CCC(CO)Nc1nc(Nc2ccc(F)cc2F)nc2ccccc12. The van der Waals surface area contributed by atoms with Gasteiger partial charge in [0.2, 0.25) is 5.95 Å². The van der Waals surface area contributed by atoms with Crippen molar-refractivity contribution in [3.63, 3.8) is 0 Å². The van der Waals surface area contributed by atoms with E-state index in [1.54, 1.807) is 0 Å². The molecule has 0 saturated heterocycles. The Hall–Kier alpha value is -2.80. The van der Waals surface area contributed by atoms with E-state index >= 15 is 0 Å². The van der Waals surface area contributed by atoms with E-state index in [1.807, 2.05) is 31.2 Å². The fraction of sp³-hybridized carbons (Fsp3) is 0.222. The van der Waals surface area contributed by atoms with E-state index in [0.29, 0.717) is 17.8 Å². The third-order valence-electron chi connectivity index (χ3n) is 3.83. The van der Waals surface area contributed by atoms with Crippen molar-refractivity contribution < 1.29 is 13.9 Å². The number of para-hydroxylation sites is 1. The maximum absolute atomic E-state index is 13.9. The average Bonchev–Trinajstić information content (AvgIpc) is 2.62. The molecule has 3 rings (SSSR count). The van der Waals surface area contributed by atoms with Crippen LogP contribution >= 0.6 is 0 Å². The van der Waals surface area contributed by atoms with Gasteiger partial charge in [-0.1, -0.05) is 19.1 Å². The molecule has 0 saturated carbocycles. The summed E-state index contributed by atoms with van der Waals surface area (Å²) in [6.45, 7) is 1.91. The number of benzene rings is 2. The van der Waals surface area contributed by atoms with Gasteiger partial charge in [-0.15, -0.1) is 0 Å². The Balaban J connectivity index is 2.00. The van der Waals surface area contributed by atoms with Crippen LogP contribution in [0.3, 0.4) is 0 Å². The van der Waals surface area contributed by atoms with Crippen LogP contribution in [-0.2, 0) is 0 Å². The third kappa shape index (κ3) is 3.83. The average molecular weight is 344 g/mol. The molecular weight excluding hydrogens is 326 g/mol. The third-order valence-corrected chi connectivity index (χ3v) is 3.83. The highest BCUT2D eigenvalue weighted by Crippen LogP contribution is 2.25. The number of nitrogens with one attached hydrogen (secondary N) is 2. The Bertz CT molecular complexity index is 884. The number of fused-ring (bicyclic) bond motifs is 1. The first kappa shape index (κ1) is 17.0. The highest BCUT2D eigenvalue weighted by atomic mass is 19.1. The number of nitrogens with zero attached hydrogens (tertiary/aromatic N) is 2. The summed E-state index contributed by atoms with van der Waals surface area (Å²) in [5, 5.41) is 16.2. The zero-order chi connectivity index (χ0) is 17.8. The maximum Gasteiger partial charge on any atom is 0.229 e. The molecule has 130 valence electrons. The fourth-order valence-corrected chi connectivity index (χ4v) is 2.42. The number of halogens is 2. The van der Waals surface area contributed by atoms with E-state index in [0.717, 1.165) is 17.5 Å². The summed E-state index contributed by atoms with van der Waals surface area (Å²) in [4.78, 5) is 8.76. The first-order valence-electron chi connectivity index (χ1n) is 7.97. The van der Waals surface area contributed by atoms with Gasteiger partial charge in [-0.2, -0.15) is 4.98 Å².